The van der Waals surface area contributed by atoms with Crippen LogP contribution in [0.3, 0.4) is 0 Å². The molecule has 1 unspecified atom stereocenters. The van der Waals surface area contributed by atoms with Crippen molar-refractivity contribution < 1.29 is 4.39 Å². The molecule has 1 aromatic rings. The maximum Gasteiger partial charge on any atom is 0.123 e. The molecule has 0 bridgehead atoms. The van der Waals surface area contributed by atoms with Gasteiger partial charge in [0.1, 0.15) is 5.82 Å². The predicted molar refractivity (Wildman–Crippen MR) is 54.7 cm³/mol. The molecule has 2 heteroatoms. The molecule has 0 N–H and O–H groups in total. The topological polar surface area (TPSA) is 14.1 Å². The fourth-order valence-electron chi connectivity index (χ4n) is 2.05. The van der Waals surface area contributed by atoms with Gasteiger partial charge in [-0.05, 0) is 43.0 Å². The Kier molecular flexibility index (Phi) is 2.82. The van der Waals surface area contributed by atoms with E-state index in [9.17, 15) is 4.39 Å². The van der Waals surface area contributed by atoms with Crippen LogP contribution in [0.5, 0.6) is 0 Å². The van der Waals surface area contributed by atoms with Crippen LogP contribution in [0.1, 0.15) is 36.4 Å². The van der Waals surface area contributed by atoms with Gasteiger partial charge >= 0.3 is 0 Å². The van der Waals surface area contributed by atoms with Crippen LogP contribution in [-0.2, 0) is 0 Å². The lowest BCUT2D eigenvalue weighted by Gasteiger charge is -2.23. The molecule has 14 heavy (non-hydrogen) atoms. The second-order valence-electron chi connectivity index (χ2n) is 3.92. The van der Waals surface area contributed by atoms with Crippen molar-refractivity contribution in [2.24, 2.45) is 0 Å². The SMILES string of the molecule is Cc1cc(F)ccc1C1CCCC[N]1. The molecule has 1 nitrogen and oxygen atoms in total. The Morgan fingerprint density at radius 2 is 2.21 bits per heavy atom. The summed E-state index contributed by atoms with van der Waals surface area (Å²) in [5.41, 5.74) is 2.23. The number of hydrogen-bond donors (Lipinski definition) is 0. The fourth-order valence-corrected chi connectivity index (χ4v) is 2.05. The largest absolute Gasteiger partial charge is 0.234 e. The summed E-state index contributed by atoms with van der Waals surface area (Å²) in [4.78, 5) is 0. The standard InChI is InChI=1S/C12H15FN/c1-9-8-10(13)5-6-11(9)12-4-2-3-7-14-12/h5-6,8,12H,2-4,7H2,1H3. The highest BCUT2D eigenvalue weighted by Crippen LogP contribution is 2.26. The fraction of sp³-hybridized carbons (Fsp3) is 0.500. The van der Waals surface area contributed by atoms with Crippen LogP contribution in [0.4, 0.5) is 4.39 Å². The van der Waals surface area contributed by atoms with Crippen LogP contribution in [-0.4, -0.2) is 6.54 Å². The Morgan fingerprint density at radius 3 is 2.86 bits per heavy atom. The molecule has 1 aliphatic rings. The van der Waals surface area contributed by atoms with E-state index in [4.69, 9.17) is 0 Å². The van der Waals surface area contributed by atoms with Crippen molar-refractivity contribution in [3.63, 3.8) is 0 Å². The second-order valence-corrected chi connectivity index (χ2v) is 3.92. The van der Waals surface area contributed by atoms with Crippen LogP contribution >= 0.6 is 0 Å². The zero-order valence-corrected chi connectivity index (χ0v) is 8.46. The Hall–Kier alpha value is -0.890. The van der Waals surface area contributed by atoms with Gasteiger partial charge in [0.2, 0.25) is 0 Å². The van der Waals surface area contributed by atoms with Crippen LogP contribution in [0, 0.1) is 12.7 Å². The summed E-state index contributed by atoms with van der Waals surface area (Å²) in [6.45, 7) is 2.92. The third-order valence-corrected chi connectivity index (χ3v) is 2.83. The molecule has 0 saturated carbocycles. The third-order valence-electron chi connectivity index (χ3n) is 2.83. The number of hydrogen-bond acceptors (Lipinski definition) is 0. The molecule has 1 heterocycles. The van der Waals surface area contributed by atoms with Gasteiger partial charge in [-0.3, -0.25) is 0 Å². The van der Waals surface area contributed by atoms with E-state index in [-0.39, 0.29) is 5.82 Å². The normalized spacial score (nSPS) is 22.3. The van der Waals surface area contributed by atoms with Gasteiger partial charge in [0.15, 0.2) is 0 Å². The Balaban J connectivity index is 2.22. The summed E-state index contributed by atoms with van der Waals surface area (Å²) in [6, 6.07) is 5.32. The van der Waals surface area contributed by atoms with E-state index in [1.165, 1.54) is 24.5 Å². The van der Waals surface area contributed by atoms with Crippen molar-refractivity contribution >= 4 is 0 Å². The summed E-state index contributed by atoms with van der Waals surface area (Å²) < 4.78 is 12.9. The van der Waals surface area contributed by atoms with Crippen molar-refractivity contribution in [1.29, 1.82) is 0 Å². The minimum Gasteiger partial charge on any atom is -0.234 e. The Bertz CT molecular complexity index is 316. The van der Waals surface area contributed by atoms with Gasteiger partial charge < -0.3 is 0 Å². The Morgan fingerprint density at radius 1 is 1.36 bits per heavy atom. The second kappa shape index (κ2) is 4.09. The lowest BCUT2D eigenvalue weighted by Crippen LogP contribution is -2.21. The molecule has 75 valence electrons. The summed E-state index contributed by atoms with van der Waals surface area (Å²) in [7, 11) is 0. The van der Waals surface area contributed by atoms with E-state index in [2.05, 4.69) is 5.32 Å². The van der Waals surface area contributed by atoms with E-state index in [1.807, 2.05) is 13.0 Å². The summed E-state index contributed by atoms with van der Waals surface area (Å²) in [5.74, 6) is -0.151. The monoisotopic (exact) mass is 192 g/mol. The lowest BCUT2D eigenvalue weighted by atomic mass is 9.94. The third kappa shape index (κ3) is 1.95. The van der Waals surface area contributed by atoms with Crippen LogP contribution < -0.4 is 5.32 Å². The number of nitrogens with zero attached hydrogens (tertiary/aromatic N) is 1. The highest BCUT2D eigenvalue weighted by molar-refractivity contribution is 5.29. The highest BCUT2D eigenvalue weighted by atomic mass is 19.1. The van der Waals surface area contributed by atoms with Crippen molar-refractivity contribution in [2.75, 3.05) is 6.54 Å². The summed E-state index contributed by atoms with van der Waals surface area (Å²) in [5, 5.41) is 4.57. The van der Waals surface area contributed by atoms with Crippen LogP contribution in [0.15, 0.2) is 18.2 Å². The number of halogens is 1. The summed E-state index contributed by atoms with van der Waals surface area (Å²) >= 11 is 0. The van der Waals surface area contributed by atoms with Gasteiger partial charge in [-0.1, -0.05) is 12.5 Å². The van der Waals surface area contributed by atoms with Gasteiger partial charge in [-0.15, -0.1) is 0 Å². The average Bonchev–Trinajstić information content (AvgIpc) is 2.19. The minimum absolute atomic E-state index is 0.151. The maximum atomic E-state index is 12.9. The molecule has 0 aromatic heterocycles. The van der Waals surface area contributed by atoms with Gasteiger partial charge in [0, 0.05) is 12.6 Å². The molecule has 0 aliphatic carbocycles. The van der Waals surface area contributed by atoms with Gasteiger partial charge in [-0.2, -0.15) is 0 Å². The van der Waals surface area contributed by atoms with Gasteiger partial charge in [-0.25, -0.2) is 9.71 Å². The van der Waals surface area contributed by atoms with E-state index in [0.29, 0.717) is 6.04 Å². The molecule has 1 atom stereocenters. The predicted octanol–water partition coefficient (Wildman–Crippen LogP) is 2.96. The zero-order valence-electron chi connectivity index (χ0n) is 8.46. The quantitative estimate of drug-likeness (QED) is 0.649. The maximum absolute atomic E-state index is 12.9. The molecular weight excluding hydrogens is 177 g/mol. The number of piperidine rings is 1. The van der Waals surface area contributed by atoms with Crippen LogP contribution in [0.25, 0.3) is 0 Å². The van der Waals surface area contributed by atoms with E-state index in [1.54, 1.807) is 6.07 Å². The smallest absolute Gasteiger partial charge is 0.123 e. The minimum atomic E-state index is -0.151. The van der Waals surface area contributed by atoms with Crippen molar-refractivity contribution in [1.82, 2.24) is 5.32 Å². The van der Waals surface area contributed by atoms with Crippen molar-refractivity contribution in [3.8, 4) is 0 Å². The van der Waals surface area contributed by atoms with Crippen LogP contribution in [0.2, 0.25) is 0 Å². The number of aryl methyl sites for hydroxylation is 1. The molecule has 2 rings (SSSR count). The number of benzene rings is 1. The molecule has 1 aliphatic heterocycles. The van der Waals surface area contributed by atoms with Gasteiger partial charge in [0.25, 0.3) is 0 Å². The van der Waals surface area contributed by atoms with Gasteiger partial charge in [0.05, 0.1) is 0 Å². The molecule has 1 radical (unpaired) electrons. The van der Waals surface area contributed by atoms with E-state index < -0.39 is 0 Å². The average molecular weight is 192 g/mol. The first-order chi connectivity index (χ1) is 6.77. The highest BCUT2D eigenvalue weighted by Gasteiger charge is 2.17. The van der Waals surface area contributed by atoms with Crippen molar-refractivity contribution in [2.45, 2.75) is 32.2 Å². The first-order valence-electron chi connectivity index (χ1n) is 5.20. The first kappa shape index (κ1) is 9.66. The first-order valence-corrected chi connectivity index (χ1v) is 5.20. The molecule has 0 spiro atoms. The van der Waals surface area contributed by atoms with E-state index >= 15 is 0 Å². The summed E-state index contributed by atoms with van der Waals surface area (Å²) in [6.07, 6.45) is 3.56. The zero-order chi connectivity index (χ0) is 9.97. The van der Waals surface area contributed by atoms with E-state index in [0.717, 1.165) is 18.5 Å². The Labute approximate surface area is 84.3 Å². The number of rotatable bonds is 1. The lowest BCUT2D eigenvalue weighted by molar-refractivity contribution is 0.402. The molecule has 1 aromatic carbocycles. The van der Waals surface area contributed by atoms with Crippen molar-refractivity contribution in [3.05, 3.63) is 35.1 Å². The molecular formula is C12H15FN. The molecule has 0 amide bonds. The molecule has 1 fully saturated rings. The molecule has 1 saturated heterocycles.